The number of esters is 1. The quantitative estimate of drug-likeness (QED) is 0.606. The summed E-state index contributed by atoms with van der Waals surface area (Å²) in [5.74, 6) is 0.408. The van der Waals surface area contributed by atoms with E-state index in [0.29, 0.717) is 6.54 Å². The second-order valence-electron chi connectivity index (χ2n) is 4.39. The second-order valence-corrected chi connectivity index (χ2v) is 4.39. The van der Waals surface area contributed by atoms with Crippen molar-refractivity contribution in [2.45, 2.75) is 26.0 Å². The normalized spacial score (nSPS) is 12.0. The van der Waals surface area contributed by atoms with E-state index in [9.17, 15) is 4.79 Å². The molecule has 1 aromatic carbocycles. The van der Waals surface area contributed by atoms with Gasteiger partial charge in [0, 0.05) is 6.54 Å². The Morgan fingerprint density at radius 2 is 2.21 bits per heavy atom. The van der Waals surface area contributed by atoms with E-state index in [-0.39, 0.29) is 12.1 Å². The van der Waals surface area contributed by atoms with Crippen LogP contribution in [-0.4, -0.2) is 25.7 Å². The van der Waals surface area contributed by atoms with E-state index in [1.54, 1.807) is 6.08 Å². The average Bonchev–Trinajstić information content (AvgIpc) is 2.38. The number of carbonyl (C=O) groups excluding carboxylic acids is 1. The van der Waals surface area contributed by atoms with Crippen LogP contribution in [0.25, 0.3) is 0 Å². The lowest BCUT2D eigenvalue weighted by molar-refractivity contribution is -0.143. The minimum atomic E-state index is -0.515. The standard InChI is InChI=1S/C15H21NO3/c1-5-9-16-14(15(17)18-4)12-7-6-8-13(10-12)19-11(2)3/h5-8,10-11,14,16H,1,9H2,2-4H3. The highest BCUT2D eigenvalue weighted by Gasteiger charge is 2.20. The summed E-state index contributed by atoms with van der Waals surface area (Å²) in [7, 11) is 1.37. The molecule has 0 bridgehead atoms. The van der Waals surface area contributed by atoms with Crippen LogP contribution in [0.4, 0.5) is 0 Å². The lowest BCUT2D eigenvalue weighted by atomic mass is 10.1. The van der Waals surface area contributed by atoms with Crippen LogP contribution in [0.5, 0.6) is 5.75 Å². The Morgan fingerprint density at radius 3 is 2.79 bits per heavy atom. The largest absolute Gasteiger partial charge is 0.491 e. The van der Waals surface area contributed by atoms with E-state index < -0.39 is 6.04 Å². The maximum atomic E-state index is 11.8. The van der Waals surface area contributed by atoms with Gasteiger partial charge in [-0.25, -0.2) is 4.79 Å². The van der Waals surface area contributed by atoms with Crippen molar-refractivity contribution in [1.29, 1.82) is 0 Å². The molecule has 0 amide bonds. The summed E-state index contributed by atoms with van der Waals surface area (Å²) in [6.45, 7) is 8.07. The van der Waals surface area contributed by atoms with E-state index in [1.807, 2.05) is 38.1 Å². The number of benzene rings is 1. The molecule has 4 heteroatoms. The van der Waals surface area contributed by atoms with Crippen LogP contribution in [0.15, 0.2) is 36.9 Å². The Balaban J connectivity index is 2.94. The number of nitrogens with one attached hydrogen (secondary N) is 1. The molecule has 0 aliphatic carbocycles. The van der Waals surface area contributed by atoms with Crippen LogP contribution in [0, 0.1) is 0 Å². The first-order valence-electron chi connectivity index (χ1n) is 6.27. The van der Waals surface area contributed by atoms with Gasteiger partial charge in [0.05, 0.1) is 13.2 Å². The summed E-state index contributed by atoms with van der Waals surface area (Å²) in [6.07, 6.45) is 1.79. The van der Waals surface area contributed by atoms with Crippen molar-refractivity contribution in [2.24, 2.45) is 0 Å². The maximum absolute atomic E-state index is 11.8. The first kappa shape index (κ1) is 15.2. The van der Waals surface area contributed by atoms with Crippen molar-refractivity contribution in [3.63, 3.8) is 0 Å². The number of hydrogen-bond donors (Lipinski definition) is 1. The molecule has 1 N–H and O–H groups in total. The minimum absolute atomic E-state index is 0.0907. The molecule has 0 fully saturated rings. The van der Waals surface area contributed by atoms with Gasteiger partial charge in [-0.2, -0.15) is 0 Å². The predicted molar refractivity (Wildman–Crippen MR) is 75.2 cm³/mol. The second kappa shape index (κ2) is 7.59. The molecule has 1 atom stereocenters. The van der Waals surface area contributed by atoms with Crippen molar-refractivity contribution in [3.05, 3.63) is 42.5 Å². The molecule has 0 aliphatic rings. The van der Waals surface area contributed by atoms with Crippen LogP contribution in [0.2, 0.25) is 0 Å². The topological polar surface area (TPSA) is 47.6 Å². The van der Waals surface area contributed by atoms with E-state index in [0.717, 1.165) is 11.3 Å². The molecule has 1 rings (SSSR count). The highest BCUT2D eigenvalue weighted by atomic mass is 16.5. The van der Waals surface area contributed by atoms with E-state index in [1.165, 1.54) is 7.11 Å². The summed E-state index contributed by atoms with van der Waals surface area (Å²) in [6, 6.07) is 6.92. The zero-order chi connectivity index (χ0) is 14.3. The van der Waals surface area contributed by atoms with Gasteiger partial charge < -0.3 is 9.47 Å². The molecule has 19 heavy (non-hydrogen) atoms. The molecular formula is C15H21NO3. The Morgan fingerprint density at radius 1 is 1.47 bits per heavy atom. The summed E-state index contributed by atoms with van der Waals surface area (Å²) >= 11 is 0. The van der Waals surface area contributed by atoms with E-state index in [4.69, 9.17) is 9.47 Å². The van der Waals surface area contributed by atoms with Crippen LogP contribution in [0.1, 0.15) is 25.5 Å². The molecule has 1 unspecified atom stereocenters. The van der Waals surface area contributed by atoms with Gasteiger partial charge in [0.15, 0.2) is 0 Å². The number of ether oxygens (including phenoxy) is 2. The molecule has 0 radical (unpaired) electrons. The van der Waals surface area contributed by atoms with Crippen LogP contribution >= 0.6 is 0 Å². The van der Waals surface area contributed by atoms with Crippen molar-refractivity contribution in [2.75, 3.05) is 13.7 Å². The van der Waals surface area contributed by atoms with Crippen LogP contribution in [0.3, 0.4) is 0 Å². The van der Waals surface area contributed by atoms with Gasteiger partial charge in [0.2, 0.25) is 0 Å². The van der Waals surface area contributed by atoms with Crippen molar-refractivity contribution >= 4 is 5.97 Å². The fourth-order valence-electron chi connectivity index (χ4n) is 1.70. The monoisotopic (exact) mass is 263 g/mol. The van der Waals surface area contributed by atoms with Crippen molar-refractivity contribution in [1.82, 2.24) is 5.32 Å². The number of carbonyl (C=O) groups is 1. The summed E-state index contributed by atoms with van der Waals surface area (Å²) in [5.41, 5.74) is 0.812. The molecule has 104 valence electrons. The molecule has 0 saturated carbocycles. The van der Waals surface area contributed by atoms with Gasteiger partial charge in [-0.1, -0.05) is 18.2 Å². The van der Waals surface area contributed by atoms with Gasteiger partial charge >= 0.3 is 5.97 Å². The summed E-state index contributed by atoms with van der Waals surface area (Å²) in [4.78, 5) is 11.8. The van der Waals surface area contributed by atoms with Gasteiger partial charge in [-0.15, -0.1) is 6.58 Å². The lowest BCUT2D eigenvalue weighted by Crippen LogP contribution is -2.29. The molecule has 4 nitrogen and oxygen atoms in total. The summed E-state index contributed by atoms with van der Waals surface area (Å²) in [5, 5.41) is 3.07. The maximum Gasteiger partial charge on any atom is 0.327 e. The van der Waals surface area contributed by atoms with Crippen LogP contribution < -0.4 is 10.1 Å². The van der Waals surface area contributed by atoms with E-state index in [2.05, 4.69) is 11.9 Å². The number of rotatable bonds is 7. The number of hydrogen-bond acceptors (Lipinski definition) is 4. The first-order valence-corrected chi connectivity index (χ1v) is 6.27. The van der Waals surface area contributed by atoms with Crippen LogP contribution in [-0.2, 0) is 9.53 Å². The lowest BCUT2D eigenvalue weighted by Gasteiger charge is -2.17. The Hall–Kier alpha value is -1.81. The highest BCUT2D eigenvalue weighted by molar-refractivity contribution is 5.77. The molecule has 0 saturated heterocycles. The molecule has 0 aromatic heterocycles. The summed E-state index contributed by atoms with van der Waals surface area (Å²) < 4.78 is 10.4. The fourth-order valence-corrected chi connectivity index (χ4v) is 1.70. The fraction of sp³-hybridized carbons (Fsp3) is 0.400. The van der Waals surface area contributed by atoms with Gasteiger partial charge in [0.25, 0.3) is 0 Å². The zero-order valence-electron chi connectivity index (χ0n) is 11.7. The predicted octanol–water partition coefficient (Wildman–Crippen LogP) is 2.46. The Bertz CT molecular complexity index is 429. The SMILES string of the molecule is C=CCNC(C(=O)OC)c1cccc(OC(C)C)c1. The molecular weight excluding hydrogens is 242 g/mol. The zero-order valence-corrected chi connectivity index (χ0v) is 11.7. The smallest absolute Gasteiger partial charge is 0.327 e. The first-order chi connectivity index (χ1) is 9.08. The van der Waals surface area contributed by atoms with Gasteiger partial charge in [0.1, 0.15) is 11.8 Å². The molecule has 0 heterocycles. The molecule has 0 aliphatic heterocycles. The number of methoxy groups -OCH3 is 1. The Labute approximate surface area is 114 Å². The highest BCUT2D eigenvalue weighted by Crippen LogP contribution is 2.21. The average molecular weight is 263 g/mol. The minimum Gasteiger partial charge on any atom is -0.491 e. The van der Waals surface area contributed by atoms with E-state index >= 15 is 0 Å². The third kappa shape index (κ3) is 4.75. The van der Waals surface area contributed by atoms with Crippen molar-refractivity contribution in [3.8, 4) is 5.75 Å². The van der Waals surface area contributed by atoms with Gasteiger partial charge in [-0.05, 0) is 31.5 Å². The van der Waals surface area contributed by atoms with Crippen molar-refractivity contribution < 1.29 is 14.3 Å². The molecule has 1 aromatic rings. The molecule has 0 spiro atoms. The Kier molecular flexibility index (Phi) is 6.09. The van der Waals surface area contributed by atoms with Gasteiger partial charge in [-0.3, -0.25) is 5.32 Å². The third-order valence-electron chi connectivity index (χ3n) is 2.47. The third-order valence-corrected chi connectivity index (χ3v) is 2.47.